The van der Waals surface area contributed by atoms with E-state index < -0.39 is 0 Å². The van der Waals surface area contributed by atoms with E-state index in [-0.39, 0.29) is 11.7 Å². The Morgan fingerprint density at radius 3 is 2.86 bits per heavy atom. The van der Waals surface area contributed by atoms with Crippen molar-refractivity contribution in [2.24, 2.45) is 4.99 Å². The molecule has 1 N–H and O–H groups in total. The van der Waals surface area contributed by atoms with Crippen molar-refractivity contribution in [2.75, 3.05) is 26.7 Å². The van der Waals surface area contributed by atoms with Gasteiger partial charge in [-0.25, -0.2) is 4.39 Å². The summed E-state index contributed by atoms with van der Waals surface area (Å²) in [5.74, 6) is 0.661. The fraction of sp³-hybridized carbons (Fsp3) is 0.429. The quantitative estimate of drug-likeness (QED) is 0.596. The largest absolute Gasteiger partial charge is 0.357 e. The molecule has 1 aliphatic heterocycles. The van der Waals surface area contributed by atoms with E-state index >= 15 is 0 Å². The van der Waals surface area contributed by atoms with Crippen molar-refractivity contribution in [2.45, 2.75) is 32.9 Å². The maximum atomic E-state index is 13.1. The van der Waals surface area contributed by atoms with Crippen LogP contribution in [0, 0.1) is 5.82 Å². The Balaban J connectivity index is 1.53. The molecule has 5 nitrogen and oxygen atoms in total. The summed E-state index contributed by atoms with van der Waals surface area (Å²) in [6, 6.07) is 8.58. The Bertz CT molecular complexity index is 818. The molecule has 0 saturated carbocycles. The van der Waals surface area contributed by atoms with Crippen molar-refractivity contribution in [3.05, 3.63) is 57.5 Å². The number of halogens is 1. The number of hydrogen-bond donors (Lipinski definition) is 1. The summed E-state index contributed by atoms with van der Waals surface area (Å²) in [5.41, 5.74) is 2.28. The summed E-state index contributed by atoms with van der Waals surface area (Å²) in [7, 11) is 1.94. The summed E-state index contributed by atoms with van der Waals surface area (Å²) >= 11 is 1.78. The van der Waals surface area contributed by atoms with Gasteiger partial charge in [-0.1, -0.05) is 12.1 Å². The third-order valence-corrected chi connectivity index (χ3v) is 5.80. The van der Waals surface area contributed by atoms with E-state index in [2.05, 4.69) is 21.8 Å². The number of nitrogens with one attached hydrogen (secondary N) is 1. The molecular weight excluding hydrogens is 375 g/mol. The van der Waals surface area contributed by atoms with Crippen molar-refractivity contribution in [3.63, 3.8) is 0 Å². The van der Waals surface area contributed by atoms with Crippen LogP contribution < -0.4 is 5.32 Å². The molecule has 0 aliphatic carbocycles. The number of aliphatic imine (C=N–C) groups is 1. The molecule has 1 amide bonds. The summed E-state index contributed by atoms with van der Waals surface area (Å²) in [6.45, 7) is 5.33. The van der Waals surface area contributed by atoms with Gasteiger partial charge in [0.2, 0.25) is 5.91 Å². The fourth-order valence-corrected chi connectivity index (χ4v) is 4.17. The van der Waals surface area contributed by atoms with Crippen molar-refractivity contribution >= 4 is 23.2 Å². The number of hydrogen-bond acceptors (Lipinski definition) is 3. The Kier molecular flexibility index (Phi) is 7.03. The van der Waals surface area contributed by atoms with Crippen LogP contribution in [0.5, 0.6) is 0 Å². The zero-order chi connectivity index (χ0) is 19.9. The van der Waals surface area contributed by atoms with Gasteiger partial charge in [-0.2, -0.15) is 0 Å². The van der Waals surface area contributed by atoms with Crippen LogP contribution in [0.3, 0.4) is 0 Å². The number of carbonyl (C=O) groups is 1. The molecule has 0 unspecified atom stereocenters. The van der Waals surface area contributed by atoms with Gasteiger partial charge in [0.05, 0.1) is 6.54 Å². The minimum atomic E-state index is -0.238. The third-order valence-electron chi connectivity index (χ3n) is 4.78. The Morgan fingerprint density at radius 2 is 2.11 bits per heavy atom. The van der Waals surface area contributed by atoms with Crippen LogP contribution in [0.1, 0.15) is 29.3 Å². The van der Waals surface area contributed by atoms with Gasteiger partial charge in [0.1, 0.15) is 5.82 Å². The van der Waals surface area contributed by atoms with E-state index in [1.807, 2.05) is 23.8 Å². The molecule has 3 rings (SSSR count). The minimum absolute atomic E-state index is 0.151. The van der Waals surface area contributed by atoms with Crippen molar-refractivity contribution < 1.29 is 9.18 Å². The number of carbonyl (C=O) groups excluding carboxylic acids is 1. The van der Waals surface area contributed by atoms with Crippen LogP contribution in [0.2, 0.25) is 0 Å². The average molecular weight is 403 g/mol. The first-order valence-corrected chi connectivity index (χ1v) is 10.5. The first-order valence-electron chi connectivity index (χ1n) is 9.63. The lowest BCUT2D eigenvalue weighted by Crippen LogP contribution is -2.39. The number of rotatable bonds is 6. The molecular formula is C21H27FN4OS. The SMILES string of the molecule is CCNC(=NCCC(=O)N1CCc2sccc2C1)N(C)Cc1ccc(F)cc1. The van der Waals surface area contributed by atoms with Gasteiger partial charge in [0.15, 0.2) is 5.96 Å². The first kappa shape index (κ1) is 20.3. The summed E-state index contributed by atoms with van der Waals surface area (Å²) in [6.07, 6.45) is 1.35. The average Bonchev–Trinajstić information content (AvgIpc) is 3.16. The number of fused-ring (bicyclic) bond motifs is 1. The number of benzene rings is 1. The standard InChI is InChI=1S/C21H27FN4OS/c1-3-23-21(25(2)14-16-4-6-18(22)7-5-16)24-11-8-20(27)26-12-9-19-17(15-26)10-13-28-19/h4-7,10,13H,3,8-9,11-12,14-15H2,1-2H3,(H,23,24). The molecule has 0 radical (unpaired) electrons. The zero-order valence-electron chi connectivity index (χ0n) is 16.4. The van der Waals surface area contributed by atoms with Crippen LogP contribution in [0.15, 0.2) is 40.7 Å². The molecule has 2 aromatic rings. The lowest BCUT2D eigenvalue weighted by molar-refractivity contribution is -0.131. The molecule has 0 atom stereocenters. The highest BCUT2D eigenvalue weighted by Gasteiger charge is 2.21. The molecule has 1 aromatic carbocycles. The monoisotopic (exact) mass is 402 g/mol. The highest BCUT2D eigenvalue weighted by atomic mass is 32.1. The van der Waals surface area contributed by atoms with Gasteiger partial charge < -0.3 is 15.1 Å². The molecule has 0 saturated heterocycles. The predicted octanol–water partition coefficient (Wildman–Crippen LogP) is 3.26. The number of guanidine groups is 1. The fourth-order valence-electron chi connectivity index (χ4n) is 3.29. The molecule has 150 valence electrons. The predicted molar refractivity (Wildman–Crippen MR) is 112 cm³/mol. The number of thiophene rings is 1. The van der Waals surface area contributed by atoms with Gasteiger partial charge in [0.25, 0.3) is 0 Å². The zero-order valence-corrected chi connectivity index (χ0v) is 17.3. The summed E-state index contributed by atoms with van der Waals surface area (Å²) in [5, 5.41) is 5.35. The molecule has 0 bridgehead atoms. The van der Waals surface area contributed by atoms with E-state index in [1.54, 1.807) is 23.5 Å². The smallest absolute Gasteiger partial charge is 0.224 e. The second-order valence-electron chi connectivity index (χ2n) is 6.90. The second-order valence-corrected chi connectivity index (χ2v) is 7.90. The highest BCUT2D eigenvalue weighted by Crippen LogP contribution is 2.24. The lowest BCUT2D eigenvalue weighted by atomic mass is 10.1. The molecule has 2 heterocycles. The van der Waals surface area contributed by atoms with E-state index in [4.69, 9.17) is 0 Å². The van der Waals surface area contributed by atoms with Crippen molar-refractivity contribution in [1.82, 2.24) is 15.1 Å². The maximum Gasteiger partial charge on any atom is 0.224 e. The Hall–Kier alpha value is -2.41. The third kappa shape index (κ3) is 5.32. The van der Waals surface area contributed by atoms with Crippen LogP contribution >= 0.6 is 11.3 Å². The van der Waals surface area contributed by atoms with Crippen molar-refractivity contribution in [3.8, 4) is 0 Å². The summed E-state index contributed by atoms with van der Waals surface area (Å²) in [4.78, 5) is 22.5. The van der Waals surface area contributed by atoms with Gasteiger partial charge >= 0.3 is 0 Å². The number of amides is 1. The Labute approximate surface area is 169 Å². The van der Waals surface area contributed by atoms with Crippen LogP contribution in [-0.2, 0) is 24.3 Å². The normalized spacial score (nSPS) is 14.0. The van der Waals surface area contributed by atoms with Crippen LogP contribution in [0.25, 0.3) is 0 Å². The minimum Gasteiger partial charge on any atom is -0.357 e. The van der Waals surface area contributed by atoms with Gasteiger partial charge in [-0.3, -0.25) is 9.79 Å². The Morgan fingerprint density at radius 1 is 1.32 bits per heavy atom. The second kappa shape index (κ2) is 9.68. The van der Waals surface area contributed by atoms with Gasteiger partial charge in [0, 0.05) is 44.5 Å². The van der Waals surface area contributed by atoms with Gasteiger partial charge in [-0.15, -0.1) is 11.3 Å². The molecule has 0 spiro atoms. The topological polar surface area (TPSA) is 47.9 Å². The molecule has 1 aliphatic rings. The van der Waals surface area contributed by atoms with Crippen molar-refractivity contribution in [1.29, 1.82) is 0 Å². The molecule has 7 heteroatoms. The van der Waals surface area contributed by atoms with Gasteiger partial charge in [-0.05, 0) is 48.1 Å². The van der Waals surface area contributed by atoms with Crippen LogP contribution in [-0.4, -0.2) is 48.3 Å². The first-order chi connectivity index (χ1) is 13.6. The lowest BCUT2D eigenvalue weighted by Gasteiger charge is -2.27. The van der Waals surface area contributed by atoms with E-state index in [1.165, 1.54) is 22.6 Å². The summed E-state index contributed by atoms with van der Waals surface area (Å²) < 4.78 is 13.1. The number of nitrogens with zero attached hydrogens (tertiary/aromatic N) is 3. The van der Waals surface area contributed by atoms with Crippen LogP contribution in [0.4, 0.5) is 4.39 Å². The molecule has 28 heavy (non-hydrogen) atoms. The van der Waals surface area contributed by atoms with E-state index in [0.29, 0.717) is 26.1 Å². The van der Waals surface area contributed by atoms with E-state index in [0.717, 1.165) is 31.0 Å². The molecule has 0 fully saturated rings. The molecule has 1 aromatic heterocycles. The maximum absolute atomic E-state index is 13.1. The van der Waals surface area contributed by atoms with E-state index in [9.17, 15) is 9.18 Å². The highest BCUT2D eigenvalue weighted by molar-refractivity contribution is 7.10.